The minimum Gasteiger partial charge on any atom is -0.549 e. The number of unbranched alkanes of at least 4 members (excludes halogenated alkanes) is 8. The van der Waals surface area contributed by atoms with Gasteiger partial charge in [0.2, 0.25) is 0 Å². The van der Waals surface area contributed by atoms with Crippen LogP contribution < -0.4 is 20.4 Å². The van der Waals surface area contributed by atoms with Crippen molar-refractivity contribution in [2.75, 3.05) is 52.9 Å². The molecule has 448 valence electrons. The van der Waals surface area contributed by atoms with Crippen molar-refractivity contribution in [2.45, 2.75) is 237 Å². The fourth-order valence-corrected chi connectivity index (χ4v) is 6.09. The van der Waals surface area contributed by atoms with Crippen LogP contribution >= 0.6 is 0 Å². The topological polar surface area (TPSA) is 303 Å². The van der Waals surface area contributed by atoms with Gasteiger partial charge in [0.05, 0.1) is 47.5 Å². The minimum atomic E-state index is -1.37. The van der Waals surface area contributed by atoms with Gasteiger partial charge in [-0.25, -0.2) is 0 Å². The third kappa shape index (κ3) is 50.9. The number of ketones is 4. The standard InChI is InChI=1S/4C14H26O5.Ti/c4*1-4-6-8-18-13(19-9-7-5-2)10-12(11(3)15)14(16)17;/h4*12-13H,4-10H2,1-3H3,(H,16,17);/q;;;;+4/p-4. The molecule has 0 spiro atoms. The summed E-state index contributed by atoms with van der Waals surface area (Å²) in [5, 5.41) is 43.6. The van der Waals surface area contributed by atoms with E-state index < -0.39 is 95.8 Å². The van der Waals surface area contributed by atoms with Crippen LogP contribution in [0.5, 0.6) is 0 Å². The fraction of sp³-hybridized carbons (Fsp3) is 0.857. The molecule has 0 rings (SSSR count). The Morgan fingerprint density at radius 3 is 0.468 bits per heavy atom. The third-order valence-corrected chi connectivity index (χ3v) is 11.2. The second-order valence-corrected chi connectivity index (χ2v) is 18.4. The van der Waals surface area contributed by atoms with E-state index >= 15 is 0 Å². The first-order valence-corrected chi connectivity index (χ1v) is 27.9. The number of carbonyl (C=O) groups is 8. The third-order valence-electron chi connectivity index (χ3n) is 11.2. The quantitative estimate of drug-likeness (QED) is 0.0329. The number of carboxylic acids is 4. The maximum atomic E-state index is 11.2. The molecule has 0 bridgehead atoms. The van der Waals surface area contributed by atoms with E-state index in [1.165, 1.54) is 27.7 Å². The summed E-state index contributed by atoms with van der Waals surface area (Å²) in [5.41, 5.74) is 0. The molecule has 0 aliphatic heterocycles. The number of hydrogen-bond acceptors (Lipinski definition) is 20. The predicted octanol–water partition coefficient (Wildman–Crippen LogP) is 5.16. The molecule has 0 aliphatic rings. The van der Waals surface area contributed by atoms with Crippen molar-refractivity contribution >= 4 is 47.0 Å². The van der Waals surface area contributed by atoms with E-state index in [4.69, 9.17) is 37.9 Å². The van der Waals surface area contributed by atoms with E-state index in [1.54, 1.807) is 0 Å². The number of aliphatic carboxylic acids is 4. The van der Waals surface area contributed by atoms with E-state index in [2.05, 4.69) is 0 Å². The molecule has 0 heterocycles. The molecule has 0 aromatic rings. The first-order valence-electron chi connectivity index (χ1n) is 27.9. The Hall–Kier alpha value is -3.05. The molecule has 0 saturated carbocycles. The van der Waals surface area contributed by atoms with E-state index in [-0.39, 0.29) is 47.4 Å². The summed E-state index contributed by atoms with van der Waals surface area (Å²) in [4.78, 5) is 88.6. The molecule has 4 unspecified atom stereocenters. The summed E-state index contributed by atoms with van der Waals surface area (Å²) >= 11 is 0. The van der Waals surface area contributed by atoms with Gasteiger partial charge in [-0.05, 0) is 79.1 Å². The van der Waals surface area contributed by atoms with Crippen molar-refractivity contribution in [3.8, 4) is 0 Å². The molecular formula is C56H100O20Ti. The van der Waals surface area contributed by atoms with Crippen molar-refractivity contribution in [3.63, 3.8) is 0 Å². The molecule has 0 aliphatic carbocycles. The predicted molar refractivity (Wildman–Crippen MR) is 277 cm³/mol. The average Bonchev–Trinajstić information content (AvgIpc) is 3.35. The fourth-order valence-electron chi connectivity index (χ4n) is 6.09. The van der Waals surface area contributed by atoms with Crippen LogP contribution in [0.15, 0.2) is 0 Å². The molecule has 0 amide bonds. The summed E-state index contributed by atoms with van der Waals surface area (Å²) in [5.74, 6) is -11.8. The number of Topliss-reactive ketones (excluding diaryl/α,β-unsaturated/α-hetero) is 4. The first-order chi connectivity index (χ1) is 36.1. The van der Waals surface area contributed by atoms with Gasteiger partial charge in [0.1, 0.15) is 23.1 Å². The summed E-state index contributed by atoms with van der Waals surface area (Å²) in [6, 6.07) is 0. The van der Waals surface area contributed by atoms with Crippen molar-refractivity contribution in [1.29, 1.82) is 0 Å². The molecule has 0 aromatic carbocycles. The molecule has 0 radical (unpaired) electrons. The Morgan fingerprint density at radius 1 is 0.273 bits per heavy atom. The Balaban J connectivity index is -0.000000298. The average molecular weight is 1140 g/mol. The number of carbonyl (C=O) groups excluding carboxylic acids is 8. The van der Waals surface area contributed by atoms with E-state index in [0.29, 0.717) is 52.9 Å². The Kier molecular flexibility index (Phi) is 62.0. The Labute approximate surface area is 476 Å². The van der Waals surface area contributed by atoms with Gasteiger partial charge >= 0.3 is 21.7 Å². The van der Waals surface area contributed by atoms with Gasteiger partial charge in [-0.1, -0.05) is 107 Å². The summed E-state index contributed by atoms with van der Waals surface area (Å²) in [7, 11) is 0. The number of carboxylic acid groups (broad SMARTS) is 4. The Bertz CT molecular complexity index is 1190. The molecule has 0 saturated heterocycles. The van der Waals surface area contributed by atoms with Crippen LogP contribution in [0.2, 0.25) is 0 Å². The van der Waals surface area contributed by atoms with Crippen molar-refractivity contribution in [1.82, 2.24) is 0 Å². The minimum absolute atomic E-state index is 0. The van der Waals surface area contributed by atoms with Crippen LogP contribution in [0, 0.1) is 23.7 Å². The normalized spacial score (nSPS) is 12.5. The second-order valence-electron chi connectivity index (χ2n) is 18.4. The zero-order chi connectivity index (χ0) is 58.7. The van der Waals surface area contributed by atoms with Gasteiger partial charge in [-0.15, -0.1) is 0 Å². The Morgan fingerprint density at radius 2 is 0.390 bits per heavy atom. The number of ether oxygens (including phenoxy) is 8. The molecule has 0 aromatic heterocycles. The molecular weight excluding hydrogens is 1040 g/mol. The van der Waals surface area contributed by atoms with Crippen molar-refractivity contribution < 1.29 is 118 Å². The maximum Gasteiger partial charge on any atom is 4.00 e. The number of rotatable bonds is 48. The van der Waals surface area contributed by atoms with Gasteiger partial charge < -0.3 is 77.5 Å². The van der Waals surface area contributed by atoms with Gasteiger partial charge in [0, 0.05) is 78.5 Å². The first kappa shape index (κ1) is 82.8. The monoisotopic (exact) mass is 1140 g/mol. The van der Waals surface area contributed by atoms with Crippen LogP contribution in [0.25, 0.3) is 0 Å². The van der Waals surface area contributed by atoms with E-state index in [9.17, 15) is 58.8 Å². The molecule has 4 atom stereocenters. The van der Waals surface area contributed by atoms with E-state index in [1.807, 2.05) is 55.4 Å². The smallest absolute Gasteiger partial charge is 0.549 e. The summed E-state index contributed by atoms with van der Waals surface area (Å²) < 4.78 is 44.0. The van der Waals surface area contributed by atoms with Crippen LogP contribution in [0.1, 0.15) is 212 Å². The zero-order valence-corrected chi connectivity index (χ0v) is 50.6. The van der Waals surface area contributed by atoms with Gasteiger partial charge in [-0.3, -0.25) is 19.2 Å². The van der Waals surface area contributed by atoms with Crippen LogP contribution in [-0.4, -0.2) is 125 Å². The summed E-state index contributed by atoms with van der Waals surface area (Å²) in [6.07, 6.45) is 12.4. The van der Waals surface area contributed by atoms with E-state index in [0.717, 1.165) is 103 Å². The van der Waals surface area contributed by atoms with Crippen molar-refractivity contribution in [3.05, 3.63) is 0 Å². The SMILES string of the molecule is CCCCOC(CC(C(C)=O)C(=O)[O-])OCCCC.CCCCOC(CC(C(C)=O)C(=O)[O-])OCCCC.CCCCOC(CC(C(C)=O)C(=O)[O-])OCCCC.CCCCOC(CC(C(C)=O)C(=O)[O-])OCCCC.[Ti+4]. The maximum absolute atomic E-state index is 11.2. The van der Waals surface area contributed by atoms with Crippen molar-refractivity contribution in [2.24, 2.45) is 23.7 Å². The molecule has 21 heteroatoms. The molecule has 77 heavy (non-hydrogen) atoms. The van der Waals surface area contributed by atoms with Crippen LogP contribution in [0.4, 0.5) is 0 Å². The second kappa shape index (κ2) is 57.6. The zero-order valence-electron chi connectivity index (χ0n) is 49.1. The molecule has 0 N–H and O–H groups in total. The van der Waals surface area contributed by atoms with Gasteiger partial charge in [-0.2, -0.15) is 0 Å². The van der Waals surface area contributed by atoms with Crippen LogP contribution in [-0.2, 0) is 98.0 Å². The largest absolute Gasteiger partial charge is 4.00 e. The molecule has 20 nitrogen and oxygen atoms in total. The van der Waals surface area contributed by atoms with Gasteiger partial charge in [0.15, 0.2) is 25.2 Å². The van der Waals surface area contributed by atoms with Gasteiger partial charge in [0.25, 0.3) is 0 Å². The number of hydrogen-bond donors (Lipinski definition) is 0. The molecule has 0 fully saturated rings. The summed E-state index contributed by atoms with van der Waals surface area (Å²) in [6.45, 7) is 25.3. The van der Waals surface area contributed by atoms with Crippen LogP contribution in [0.3, 0.4) is 0 Å².